The number of likely N-dealkylation sites (N-methyl/N-ethyl adjacent to an activating group) is 1. The number of hydrogen-bond donors (Lipinski definition) is 1. The van der Waals surface area contributed by atoms with Gasteiger partial charge in [0, 0.05) is 13.1 Å². The van der Waals surface area contributed by atoms with Crippen LogP contribution in [-0.4, -0.2) is 38.3 Å². The van der Waals surface area contributed by atoms with E-state index in [0.717, 1.165) is 35.6 Å². The number of amides is 1. The number of rotatable bonds is 5. The fourth-order valence-corrected chi connectivity index (χ4v) is 4.75. The third kappa shape index (κ3) is 5.54. The molecule has 1 aromatic carbocycles. The van der Waals surface area contributed by atoms with Crippen LogP contribution >= 0.6 is 0 Å². The maximum Gasteiger partial charge on any atom is 0.243 e. The summed E-state index contributed by atoms with van der Waals surface area (Å²) in [5.41, 5.74) is 1.58. The molecule has 0 heterocycles. The van der Waals surface area contributed by atoms with Gasteiger partial charge in [0.25, 0.3) is 0 Å². The van der Waals surface area contributed by atoms with Crippen LogP contribution < -0.4 is 5.32 Å². The SMILES string of the molecule is Cc1ccc(C)c(S(=O)(=O)N(C)CC(=O)NC2CCCCCCC2)c1. The lowest BCUT2D eigenvalue weighted by Gasteiger charge is -2.23. The predicted octanol–water partition coefficient (Wildman–Crippen LogP) is 3.15. The lowest BCUT2D eigenvalue weighted by atomic mass is 9.97. The second-order valence-corrected chi connectivity index (χ2v) is 9.15. The number of carbonyl (C=O) groups is 1. The summed E-state index contributed by atoms with van der Waals surface area (Å²) in [6, 6.07) is 5.51. The Balaban J connectivity index is 2.00. The summed E-state index contributed by atoms with van der Waals surface area (Å²) in [6.07, 6.45) is 7.93. The van der Waals surface area contributed by atoms with E-state index in [4.69, 9.17) is 0 Å². The molecule has 1 fully saturated rings. The highest BCUT2D eigenvalue weighted by Gasteiger charge is 2.25. The zero-order chi connectivity index (χ0) is 18.4. The van der Waals surface area contributed by atoms with E-state index in [1.165, 1.54) is 26.3 Å². The van der Waals surface area contributed by atoms with Gasteiger partial charge >= 0.3 is 0 Å². The molecule has 6 heteroatoms. The summed E-state index contributed by atoms with van der Waals surface area (Å²) in [4.78, 5) is 12.6. The molecule has 0 unspecified atom stereocenters. The van der Waals surface area contributed by atoms with E-state index in [1.54, 1.807) is 19.1 Å². The molecule has 0 bridgehead atoms. The molecule has 0 aliphatic heterocycles. The Hall–Kier alpha value is -1.40. The summed E-state index contributed by atoms with van der Waals surface area (Å²) in [6.45, 7) is 3.49. The first kappa shape index (κ1) is 19.9. The van der Waals surface area contributed by atoms with Crippen LogP contribution in [0.25, 0.3) is 0 Å². The minimum atomic E-state index is -3.67. The summed E-state index contributed by atoms with van der Waals surface area (Å²) in [5.74, 6) is -0.220. The van der Waals surface area contributed by atoms with E-state index in [0.29, 0.717) is 5.56 Å². The van der Waals surface area contributed by atoms with Crippen molar-refractivity contribution in [3.05, 3.63) is 29.3 Å². The first-order chi connectivity index (χ1) is 11.8. The average Bonchev–Trinajstić information content (AvgIpc) is 2.52. The minimum Gasteiger partial charge on any atom is -0.352 e. The fraction of sp³-hybridized carbons (Fsp3) is 0.632. The molecular weight excluding hydrogens is 336 g/mol. The molecule has 5 nitrogen and oxygen atoms in total. The number of carbonyl (C=O) groups excluding carboxylic acids is 1. The third-order valence-corrected chi connectivity index (χ3v) is 6.81. The minimum absolute atomic E-state index is 0.147. The van der Waals surface area contributed by atoms with Crippen LogP contribution in [0, 0.1) is 13.8 Å². The monoisotopic (exact) mass is 366 g/mol. The first-order valence-corrected chi connectivity index (χ1v) is 10.6. The molecule has 0 atom stereocenters. The van der Waals surface area contributed by atoms with Crippen molar-refractivity contribution in [1.82, 2.24) is 9.62 Å². The zero-order valence-electron chi connectivity index (χ0n) is 15.5. The summed E-state index contributed by atoms with van der Waals surface area (Å²) in [5, 5.41) is 3.02. The molecule has 0 radical (unpaired) electrons. The van der Waals surface area contributed by atoms with Gasteiger partial charge in [-0.15, -0.1) is 0 Å². The molecule has 0 spiro atoms. The van der Waals surface area contributed by atoms with Crippen molar-refractivity contribution in [1.29, 1.82) is 0 Å². The van der Waals surface area contributed by atoms with E-state index in [2.05, 4.69) is 5.32 Å². The highest BCUT2D eigenvalue weighted by atomic mass is 32.2. The van der Waals surface area contributed by atoms with Crippen molar-refractivity contribution in [2.24, 2.45) is 0 Å². The van der Waals surface area contributed by atoms with Gasteiger partial charge in [0.05, 0.1) is 11.4 Å². The second-order valence-electron chi connectivity index (χ2n) is 7.14. The van der Waals surface area contributed by atoms with Crippen molar-refractivity contribution in [3.63, 3.8) is 0 Å². The Kier molecular flexibility index (Phi) is 7.02. The summed E-state index contributed by atoms with van der Waals surface area (Å²) >= 11 is 0. The maximum atomic E-state index is 12.8. The Morgan fingerprint density at radius 2 is 1.72 bits per heavy atom. The van der Waals surface area contributed by atoms with Gasteiger partial charge in [0.1, 0.15) is 0 Å². The van der Waals surface area contributed by atoms with E-state index in [9.17, 15) is 13.2 Å². The Morgan fingerprint density at radius 3 is 2.36 bits per heavy atom. The van der Waals surface area contributed by atoms with Gasteiger partial charge in [-0.25, -0.2) is 8.42 Å². The van der Waals surface area contributed by atoms with Crippen LogP contribution in [0.4, 0.5) is 0 Å². The van der Waals surface area contributed by atoms with Gasteiger partial charge in [-0.05, 0) is 43.9 Å². The van der Waals surface area contributed by atoms with Gasteiger partial charge < -0.3 is 5.32 Å². The van der Waals surface area contributed by atoms with Gasteiger partial charge in [0.2, 0.25) is 15.9 Å². The molecule has 0 saturated heterocycles. The van der Waals surface area contributed by atoms with Gasteiger partial charge in [-0.1, -0.05) is 44.2 Å². The first-order valence-electron chi connectivity index (χ1n) is 9.13. The van der Waals surface area contributed by atoms with Crippen LogP contribution in [0.2, 0.25) is 0 Å². The number of nitrogens with zero attached hydrogens (tertiary/aromatic N) is 1. The molecular formula is C19H30N2O3S. The third-order valence-electron chi connectivity index (χ3n) is 4.87. The summed E-state index contributed by atoms with van der Waals surface area (Å²) < 4.78 is 26.7. The molecule has 1 aliphatic carbocycles. The second kappa shape index (κ2) is 8.81. The summed E-state index contributed by atoms with van der Waals surface area (Å²) in [7, 11) is -2.20. The lowest BCUT2D eigenvalue weighted by molar-refractivity contribution is -0.121. The molecule has 1 saturated carbocycles. The molecule has 1 aromatic rings. The van der Waals surface area contributed by atoms with Gasteiger partial charge in [0.15, 0.2) is 0 Å². The molecule has 25 heavy (non-hydrogen) atoms. The zero-order valence-corrected chi connectivity index (χ0v) is 16.4. The number of aryl methyl sites for hydroxylation is 2. The van der Waals surface area contributed by atoms with Crippen LogP contribution in [0.3, 0.4) is 0 Å². The fourth-order valence-electron chi connectivity index (χ4n) is 3.31. The van der Waals surface area contributed by atoms with E-state index < -0.39 is 10.0 Å². The number of nitrogens with one attached hydrogen (secondary N) is 1. The number of hydrogen-bond acceptors (Lipinski definition) is 3. The van der Waals surface area contributed by atoms with Crippen molar-refractivity contribution in [2.45, 2.75) is 69.7 Å². The average molecular weight is 367 g/mol. The molecule has 140 valence electrons. The van der Waals surface area contributed by atoms with E-state index >= 15 is 0 Å². The predicted molar refractivity (Wildman–Crippen MR) is 100.0 cm³/mol. The van der Waals surface area contributed by atoms with Crippen molar-refractivity contribution >= 4 is 15.9 Å². The van der Waals surface area contributed by atoms with Crippen molar-refractivity contribution < 1.29 is 13.2 Å². The van der Waals surface area contributed by atoms with Crippen LogP contribution in [-0.2, 0) is 14.8 Å². The largest absolute Gasteiger partial charge is 0.352 e. The molecule has 2 rings (SSSR count). The quantitative estimate of drug-likeness (QED) is 0.870. The Bertz CT molecular complexity index is 693. The highest BCUT2D eigenvalue weighted by molar-refractivity contribution is 7.89. The highest BCUT2D eigenvalue weighted by Crippen LogP contribution is 2.20. The number of benzene rings is 1. The normalized spacial score (nSPS) is 17.1. The smallest absolute Gasteiger partial charge is 0.243 e. The van der Waals surface area contributed by atoms with Crippen molar-refractivity contribution in [2.75, 3.05) is 13.6 Å². The molecule has 1 amide bonds. The lowest BCUT2D eigenvalue weighted by Crippen LogP contribution is -2.43. The molecule has 1 aliphatic rings. The topological polar surface area (TPSA) is 66.5 Å². The molecule has 0 aromatic heterocycles. The van der Waals surface area contributed by atoms with Crippen molar-refractivity contribution in [3.8, 4) is 0 Å². The number of sulfonamides is 1. The van der Waals surface area contributed by atoms with Gasteiger partial charge in [-0.2, -0.15) is 4.31 Å². The van der Waals surface area contributed by atoms with Crippen LogP contribution in [0.15, 0.2) is 23.1 Å². The van der Waals surface area contributed by atoms with Crippen LogP contribution in [0.1, 0.15) is 56.1 Å². The molecule has 1 N–H and O–H groups in total. The Labute approximate surface area is 151 Å². The van der Waals surface area contributed by atoms with E-state index in [1.807, 2.05) is 13.0 Å². The Morgan fingerprint density at radius 1 is 1.12 bits per heavy atom. The standard InChI is InChI=1S/C19H30N2O3S/c1-15-11-12-16(2)18(13-15)25(23,24)21(3)14-19(22)20-17-9-7-5-4-6-8-10-17/h11-13,17H,4-10,14H2,1-3H3,(H,20,22). The van der Waals surface area contributed by atoms with Gasteiger partial charge in [-0.3, -0.25) is 4.79 Å². The van der Waals surface area contributed by atoms with E-state index in [-0.39, 0.29) is 23.4 Å². The maximum absolute atomic E-state index is 12.8. The van der Waals surface area contributed by atoms with Crippen LogP contribution in [0.5, 0.6) is 0 Å².